The molecule has 7 rings (SSSR count). The van der Waals surface area contributed by atoms with E-state index >= 15 is 0 Å². The van der Waals surface area contributed by atoms with Crippen molar-refractivity contribution in [2.75, 3.05) is 0 Å². The van der Waals surface area contributed by atoms with E-state index in [4.69, 9.17) is 0 Å². The van der Waals surface area contributed by atoms with E-state index in [1.807, 2.05) is 12.1 Å². The Labute approximate surface area is 185 Å². The molecule has 0 radical (unpaired) electrons. The number of hydrogen-bond acceptors (Lipinski definition) is 6. The fraction of sp³-hybridized carbons (Fsp3) is 0. The number of hydrogen-bond donors (Lipinski definition) is 0. The van der Waals surface area contributed by atoms with E-state index in [0.29, 0.717) is 0 Å². The van der Waals surface area contributed by atoms with Crippen LogP contribution in [0.3, 0.4) is 0 Å². The molecule has 0 saturated heterocycles. The first-order valence-electron chi connectivity index (χ1n) is 9.32. The van der Waals surface area contributed by atoms with E-state index in [0.717, 1.165) is 42.5 Å². The summed E-state index contributed by atoms with van der Waals surface area (Å²) >= 11 is 6.70. The first-order chi connectivity index (χ1) is 14.7. The van der Waals surface area contributed by atoms with E-state index < -0.39 is 0 Å². The Morgan fingerprint density at radius 2 is 0.833 bits per heavy atom. The second-order valence-corrected chi connectivity index (χ2v) is 11.6. The van der Waals surface area contributed by atoms with Gasteiger partial charge in [-0.15, -0.1) is 45.3 Å². The summed E-state index contributed by atoms with van der Waals surface area (Å²) in [6.45, 7) is 0. The predicted octanol–water partition coefficient (Wildman–Crippen LogP) is 8.48. The molecule has 6 heteroatoms. The van der Waals surface area contributed by atoms with E-state index in [1.165, 1.54) is 40.3 Å². The Balaban J connectivity index is 1.80. The van der Waals surface area contributed by atoms with Crippen molar-refractivity contribution < 1.29 is 9.59 Å². The summed E-state index contributed by atoms with van der Waals surface area (Å²) in [7, 11) is 0. The lowest BCUT2D eigenvalue weighted by Crippen LogP contribution is -1.73. The van der Waals surface area contributed by atoms with Gasteiger partial charge < -0.3 is 0 Å². The van der Waals surface area contributed by atoms with E-state index in [-0.39, 0.29) is 0 Å². The molecule has 0 bridgehead atoms. The summed E-state index contributed by atoms with van der Waals surface area (Å²) in [5.41, 5.74) is 0. The molecule has 0 spiro atoms. The lowest BCUT2D eigenvalue weighted by Gasteiger charge is -2.00. The Bertz CT molecular complexity index is 1710. The third-order valence-corrected chi connectivity index (χ3v) is 9.96. The van der Waals surface area contributed by atoms with Crippen molar-refractivity contribution in [1.29, 1.82) is 0 Å². The number of carbonyl (C=O) groups excluding carboxylic acids is 2. The minimum Gasteiger partial charge on any atom is -0.297 e. The van der Waals surface area contributed by atoms with Gasteiger partial charge in [-0.3, -0.25) is 9.59 Å². The topological polar surface area (TPSA) is 34.1 Å². The van der Waals surface area contributed by atoms with Gasteiger partial charge in [-0.2, -0.15) is 0 Å². The summed E-state index contributed by atoms with van der Waals surface area (Å²) in [6, 6.07) is 17.1. The Hall–Kier alpha value is -2.64. The molecule has 0 fully saturated rings. The van der Waals surface area contributed by atoms with Crippen LogP contribution in [0.2, 0.25) is 0 Å². The molecule has 0 amide bonds. The van der Waals surface area contributed by atoms with Crippen LogP contribution in [0.1, 0.15) is 19.3 Å². The molecule has 0 aliphatic rings. The molecule has 0 saturated carbocycles. The largest absolute Gasteiger partial charge is 0.297 e. The van der Waals surface area contributed by atoms with Crippen LogP contribution in [0, 0.1) is 0 Å². The molecule has 2 nitrogen and oxygen atoms in total. The molecule has 0 N–H and O–H groups in total. The quantitative estimate of drug-likeness (QED) is 0.243. The van der Waals surface area contributed by atoms with Gasteiger partial charge in [-0.05, 0) is 48.5 Å². The summed E-state index contributed by atoms with van der Waals surface area (Å²) in [4.78, 5) is 24.4. The molecule has 4 heterocycles. The van der Waals surface area contributed by atoms with Gasteiger partial charge in [0.2, 0.25) is 0 Å². The first-order valence-corrected chi connectivity index (χ1v) is 12.6. The molecular formula is C24H10O2S4. The molecule has 3 aromatic carbocycles. The van der Waals surface area contributed by atoms with Crippen LogP contribution >= 0.6 is 45.3 Å². The van der Waals surface area contributed by atoms with Gasteiger partial charge >= 0.3 is 0 Å². The second-order valence-electron chi connectivity index (χ2n) is 7.25. The van der Waals surface area contributed by atoms with Crippen LogP contribution in [0.15, 0.2) is 48.5 Å². The van der Waals surface area contributed by atoms with Gasteiger partial charge in [0.1, 0.15) is 0 Å². The average Bonchev–Trinajstić information content (AvgIpc) is 3.51. The van der Waals surface area contributed by atoms with Crippen molar-refractivity contribution in [3.8, 4) is 0 Å². The van der Waals surface area contributed by atoms with Gasteiger partial charge in [-0.1, -0.05) is 0 Å². The lowest BCUT2D eigenvalue weighted by molar-refractivity contribution is 0.111. The standard InChI is InChI=1S/C24H10O2S4/c25-9-11-7-13-15(27-11)1-3-17-21(13)23-19(29-17)5-6-20-24(23)22-14-8-12(10-26)28-16(14)2-4-18(22)30-20/h1-10H. The highest BCUT2D eigenvalue weighted by atomic mass is 32.1. The van der Waals surface area contributed by atoms with Crippen LogP contribution in [0.25, 0.3) is 60.5 Å². The summed E-state index contributed by atoms with van der Waals surface area (Å²) in [6.07, 6.45) is 1.88. The normalized spacial score (nSPS) is 12.3. The zero-order valence-electron chi connectivity index (χ0n) is 15.2. The highest BCUT2D eigenvalue weighted by Gasteiger charge is 2.18. The van der Waals surface area contributed by atoms with E-state index in [9.17, 15) is 9.59 Å². The monoisotopic (exact) mass is 458 g/mol. The minimum absolute atomic E-state index is 0.759. The van der Waals surface area contributed by atoms with Crippen molar-refractivity contribution in [3.05, 3.63) is 58.3 Å². The molecule has 142 valence electrons. The molecule has 0 unspecified atom stereocenters. The molecule has 0 atom stereocenters. The highest BCUT2D eigenvalue weighted by molar-refractivity contribution is 7.28. The SMILES string of the molecule is O=Cc1cc2c(ccc3sc4ccc5sc6ccc7sc(C=O)cc7c6c5c4c32)s1. The fourth-order valence-corrected chi connectivity index (χ4v) is 8.52. The van der Waals surface area contributed by atoms with Gasteiger partial charge in [0.25, 0.3) is 0 Å². The van der Waals surface area contributed by atoms with Crippen LogP contribution < -0.4 is 0 Å². The maximum atomic E-state index is 11.4. The Morgan fingerprint density at radius 1 is 0.467 bits per heavy atom. The number of fused-ring (bicyclic) bond motifs is 11. The van der Waals surface area contributed by atoms with Gasteiger partial charge in [-0.25, -0.2) is 0 Å². The van der Waals surface area contributed by atoms with E-state index in [1.54, 1.807) is 45.3 Å². The molecule has 0 aliphatic heterocycles. The van der Waals surface area contributed by atoms with Gasteiger partial charge in [0, 0.05) is 60.5 Å². The smallest absolute Gasteiger partial charge is 0.160 e. The zero-order chi connectivity index (χ0) is 20.0. The van der Waals surface area contributed by atoms with Crippen LogP contribution in [-0.2, 0) is 0 Å². The molecular weight excluding hydrogens is 449 g/mol. The summed E-state index contributed by atoms with van der Waals surface area (Å²) in [5, 5.41) is 7.33. The first kappa shape index (κ1) is 17.1. The number of rotatable bonds is 2. The highest BCUT2D eigenvalue weighted by Crippen LogP contribution is 2.49. The van der Waals surface area contributed by atoms with Crippen LogP contribution in [0.5, 0.6) is 0 Å². The molecule has 0 aliphatic carbocycles. The van der Waals surface area contributed by atoms with Crippen LogP contribution in [-0.4, -0.2) is 12.6 Å². The van der Waals surface area contributed by atoms with Crippen molar-refractivity contribution in [2.24, 2.45) is 0 Å². The van der Waals surface area contributed by atoms with E-state index in [2.05, 4.69) is 36.4 Å². The van der Waals surface area contributed by atoms with Gasteiger partial charge in [0.05, 0.1) is 9.75 Å². The molecule has 4 aromatic heterocycles. The number of aldehydes is 2. The number of carbonyl (C=O) groups is 2. The molecule has 30 heavy (non-hydrogen) atoms. The Kier molecular flexibility index (Phi) is 3.39. The number of thiophene rings is 4. The molecule has 7 aromatic rings. The van der Waals surface area contributed by atoms with Crippen LogP contribution in [0.4, 0.5) is 0 Å². The van der Waals surface area contributed by atoms with Crippen molar-refractivity contribution in [2.45, 2.75) is 0 Å². The third-order valence-electron chi connectivity index (χ3n) is 5.66. The van der Waals surface area contributed by atoms with Crippen molar-refractivity contribution in [1.82, 2.24) is 0 Å². The maximum Gasteiger partial charge on any atom is 0.160 e. The summed E-state index contributed by atoms with van der Waals surface area (Å²) in [5.74, 6) is 0. The van der Waals surface area contributed by atoms with Crippen molar-refractivity contribution >= 4 is 118 Å². The van der Waals surface area contributed by atoms with Crippen molar-refractivity contribution in [3.63, 3.8) is 0 Å². The average molecular weight is 459 g/mol. The number of benzene rings is 3. The maximum absolute atomic E-state index is 11.4. The lowest BCUT2D eigenvalue weighted by atomic mass is 10.0. The Morgan fingerprint density at radius 3 is 1.23 bits per heavy atom. The zero-order valence-corrected chi connectivity index (χ0v) is 18.5. The minimum atomic E-state index is 0.759. The van der Waals surface area contributed by atoms with Gasteiger partial charge in [0.15, 0.2) is 12.6 Å². The fourth-order valence-electron chi connectivity index (χ4n) is 4.49. The summed E-state index contributed by atoms with van der Waals surface area (Å²) < 4.78 is 7.28. The predicted molar refractivity (Wildman–Crippen MR) is 134 cm³/mol. The third kappa shape index (κ3) is 2.11. The second kappa shape index (κ2) is 5.95.